The van der Waals surface area contributed by atoms with E-state index in [1.165, 1.54) is 0 Å². The summed E-state index contributed by atoms with van der Waals surface area (Å²) in [5, 5.41) is 24.0. The van der Waals surface area contributed by atoms with Gasteiger partial charge in [-0.05, 0) is 60.2 Å². The Hall–Kier alpha value is -4.54. The molecule has 2 aliphatic heterocycles. The molecule has 1 spiro atoms. The minimum atomic E-state index is -1.56. The lowest BCUT2D eigenvalue weighted by Crippen LogP contribution is -2.41. The Kier molecular flexibility index (Phi) is 5.91. The van der Waals surface area contributed by atoms with Crippen molar-refractivity contribution in [1.29, 1.82) is 5.26 Å². The smallest absolute Gasteiger partial charge is 0.245 e. The highest BCUT2D eigenvalue weighted by Crippen LogP contribution is 2.57. The molecule has 5 aromatic rings. The average molecular weight is 595 g/mol. The summed E-state index contributed by atoms with van der Waals surface area (Å²) in [6.45, 7) is 0. The Labute approximate surface area is 250 Å². The zero-order valence-electron chi connectivity index (χ0n) is 21.1. The highest BCUT2D eigenvalue weighted by atomic mass is 35.5. The van der Waals surface area contributed by atoms with E-state index in [0.717, 1.165) is 11.3 Å². The quantitative estimate of drug-likeness (QED) is 0.221. The van der Waals surface area contributed by atoms with Crippen LogP contribution in [-0.2, 0) is 10.2 Å². The number of hydrogen-bond donors (Lipinski definition) is 2. The number of amides is 1. The topological polar surface area (TPSA) is 82.7 Å². The summed E-state index contributed by atoms with van der Waals surface area (Å²) in [5.74, 6) is 0.177. The minimum Gasteiger partial charge on any atom is -0.338 e. The van der Waals surface area contributed by atoms with Crippen LogP contribution in [0, 0.1) is 11.3 Å². The van der Waals surface area contributed by atoms with Crippen LogP contribution in [0.25, 0.3) is 22.6 Å². The molecule has 7 rings (SSSR count). The number of halogens is 3. The van der Waals surface area contributed by atoms with Gasteiger partial charge in [0, 0.05) is 37.4 Å². The number of nitriles is 1. The standard InChI is InChI=1S/C32H18Cl3N5O/c33-20-10-6-18(7-11-20)28-25(17-36)32(24-16-22(35)14-15-26(24)37-31(32)41)27-29(19-8-12-21(34)13-9-19)39-40(30(27)38-28)23-4-2-1-3-5-23/h1-16,38H,(H,37,41). The number of carbonyl (C=O) groups is 1. The summed E-state index contributed by atoms with van der Waals surface area (Å²) >= 11 is 19.0. The monoisotopic (exact) mass is 593 g/mol. The molecule has 0 saturated carbocycles. The van der Waals surface area contributed by atoms with Gasteiger partial charge in [0.05, 0.1) is 28.7 Å². The van der Waals surface area contributed by atoms with Crippen molar-refractivity contribution in [3.8, 4) is 23.0 Å². The minimum absolute atomic E-state index is 0.216. The van der Waals surface area contributed by atoms with Crippen LogP contribution in [0.1, 0.15) is 16.7 Å². The molecule has 2 N–H and O–H groups in total. The number of nitrogens with one attached hydrogen (secondary N) is 2. The number of carbonyl (C=O) groups excluding carboxylic acids is 1. The van der Waals surface area contributed by atoms with Gasteiger partial charge in [-0.1, -0.05) is 77.3 Å². The van der Waals surface area contributed by atoms with Gasteiger partial charge < -0.3 is 10.6 Å². The first-order valence-corrected chi connectivity index (χ1v) is 13.8. The lowest BCUT2D eigenvalue weighted by atomic mass is 9.66. The van der Waals surface area contributed by atoms with Crippen molar-refractivity contribution in [3.63, 3.8) is 0 Å². The van der Waals surface area contributed by atoms with E-state index in [1.807, 2.05) is 54.6 Å². The SMILES string of the molecule is N#CC1=C(c2ccc(Cl)cc2)Nc2c(c(-c3ccc(Cl)cc3)nn2-c2ccccc2)C12C(=O)Nc1ccc(Cl)cc12. The lowest BCUT2D eigenvalue weighted by Gasteiger charge is -2.35. The van der Waals surface area contributed by atoms with Crippen molar-refractivity contribution in [3.05, 3.63) is 134 Å². The van der Waals surface area contributed by atoms with Gasteiger partial charge in [-0.25, -0.2) is 4.68 Å². The molecule has 4 aromatic carbocycles. The Balaban J connectivity index is 1.66. The molecule has 3 heterocycles. The molecule has 0 radical (unpaired) electrons. The van der Waals surface area contributed by atoms with Crippen LogP contribution in [0.4, 0.5) is 11.5 Å². The van der Waals surface area contributed by atoms with E-state index in [2.05, 4.69) is 16.7 Å². The molecule has 0 bridgehead atoms. The Morgan fingerprint density at radius 2 is 1.41 bits per heavy atom. The summed E-state index contributed by atoms with van der Waals surface area (Å²) in [7, 11) is 0. The van der Waals surface area contributed by atoms with Crippen molar-refractivity contribution in [1.82, 2.24) is 9.78 Å². The van der Waals surface area contributed by atoms with E-state index >= 15 is 0 Å². The molecule has 1 amide bonds. The third-order valence-corrected chi connectivity index (χ3v) is 8.21. The normalized spacial score (nSPS) is 17.1. The number of para-hydroxylation sites is 1. The molecule has 6 nitrogen and oxygen atoms in total. The third kappa shape index (κ3) is 3.78. The van der Waals surface area contributed by atoms with E-state index in [9.17, 15) is 10.1 Å². The fourth-order valence-electron chi connectivity index (χ4n) is 5.69. The molecule has 0 fully saturated rings. The molecule has 1 aromatic heterocycles. The Morgan fingerprint density at radius 1 is 0.780 bits per heavy atom. The highest BCUT2D eigenvalue weighted by molar-refractivity contribution is 6.31. The zero-order valence-corrected chi connectivity index (χ0v) is 23.4. The molecular formula is C32H18Cl3N5O. The predicted molar refractivity (Wildman–Crippen MR) is 162 cm³/mol. The summed E-state index contributed by atoms with van der Waals surface area (Å²) in [5.41, 5.74) is 3.53. The van der Waals surface area contributed by atoms with Gasteiger partial charge in [0.2, 0.25) is 5.91 Å². The van der Waals surface area contributed by atoms with E-state index in [4.69, 9.17) is 39.9 Å². The molecule has 41 heavy (non-hydrogen) atoms. The van der Waals surface area contributed by atoms with Gasteiger partial charge >= 0.3 is 0 Å². The van der Waals surface area contributed by atoms with Crippen LogP contribution in [0.2, 0.25) is 15.1 Å². The first kappa shape index (κ1) is 25.4. The lowest BCUT2D eigenvalue weighted by molar-refractivity contribution is -0.118. The van der Waals surface area contributed by atoms with Gasteiger partial charge in [0.1, 0.15) is 11.2 Å². The third-order valence-electron chi connectivity index (χ3n) is 7.47. The largest absolute Gasteiger partial charge is 0.338 e. The van der Waals surface area contributed by atoms with Gasteiger partial charge in [-0.15, -0.1) is 0 Å². The maximum atomic E-state index is 14.4. The molecular weight excluding hydrogens is 577 g/mol. The molecule has 198 valence electrons. The summed E-state index contributed by atoms with van der Waals surface area (Å²) < 4.78 is 1.76. The average Bonchev–Trinajstić information content (AvgIpc) is 3.50. The second-order valence-corrected chi connectivity index (χ2v) is 11.0. The molecule has 1 unspecified atom stereocenters. The molecule has 1 atom stereocenters. The van der Waals surface area contributed by atoms with Gasteiger partial charge in [0.25, 0.3) is 0 Å². The second-order valence-electron chi connectivity index (χ2n) is 9.71. The maximum Gasteiger partial charge on any atom is 0.245 e. The van der Waals surface area contributed by atoms with E-state index in [-0.39, 0.29) is 11.5 Å². The van der Waals surface area contributed by atoms with Crippen LogP contribution in [0.3, 0.4) is 0 Å². The molecule has 0 aliphatic carbocycles. The highest BCUT2D eigenvalue weighted by Gasteiger charge is 2.58. The number of rotatable bonds is 3. The van der Waals surface area contributed by atoms with Crippen molar-refractivity contribution in [2.75, 3.05) is 10.6 Å². The van der Waals surface area contributed by atoms with Crippen molar-refractivity contribution in [2.45, 2.75) is 5.41 Å². The van der Waals surface area contributed by atoms with Crippen LogP contribution >= 0.6 is 34.8 Å². The molecule has 9 heteroatoms. The van der Waals surface area contributed by atoms with Gasteiger partial charge in [0.15, 0.2) is 0 Å². The van der Waals surface area contributed by atoms with Crippen LogP contribution in [-0.4, -0.2) is 15.7 Å². The van der Waals surface area contributed by atoms with Crippen molar-refractivity contribution in [2.24, 2.45) is 0 Å². The van der Waals surface area contributed by atoms with Crippen LogP contribution in [0.15, 0.2) is 103 Å². The fraction of sp³-hybridized carbons (Fsp3) is 0.0312. The predicted octanol–water partition coefficient (Wildman–Crippen LogP) is 8.10. The summed E-state index contributed by atoms with van der Waals surface area (Å²) in [6, 6.07) is 31.6. The van der Waals surface area contributed by atoms with Gasteiger partial charge in [-0.2, -0.15) is 10.4 Å². The number of benzene rings is 4. The number of aromatic nitrogens is 2. The van der Waals surface area contributed by atoms with E-state index < -0.39 is 5.41 Å². The maximum absolute atomic E-state index is 14.4. The molecule has 2 aliphatic rings. The van der Waals surface area contributed by atoms with E-state index in [0.29, 0.717) is 54.7 Å². The van der Waals surface area contributed by atoms with Crippen LogP contribution < -0.4 is 10.6 Å². The van der Waals surface area contributed by atoms with E-state index in [1.54, 1.807) is 47.1 Å². The summed E-state index contributed by atoms with van der Waals surface area (Å²) in [6.07, 6.45) is 0. The summed E-state index contributed by atoms with van der Waals surface area (Å²) in [4.78, 5) is 14.4. The Bertz CT molecular complexity index is 1940. The van der Waals surface area contributed by atoms with Crippen molar-refractivity contribution < 1.29 is 4.79 Å². The van der Waals surface area contributed by atoms with Crippen molar-refractivity contribution >= 4 is 57.9 Å². The first-order chi connectivity index (χ1) is 19.9. The zero-order chi connectivity index (χ0) is 28.3. The fourth-order valence-corrected chi connectivity index (χ4v) is 6.12. The molecule has 0 saturated heterocycles. The van der Waals surface area contributed by atoms with Crippen LogP contribution in [0.5, 0.6) is 0 Å². The number of nitrogens with zero attached hydrogens (tertiary/aromatic N) is 3. The number of anilines is 2. The first-order valence-electron chi connectivity index (χ1n) is 12.7. The number of hydrogen-bond acceptors (Lipinski definition) is 4. The van der Waals surface area contributed by atoms with Gasteiger partial charge in [-0.3, -0.25) is 4.79 Å². The second kappa shape index (κ2) is 9.53. The Morgan fingerprint density at radius 3 is 2.07 bits per heavy atom. The number of fused-ring (bicyclic) bond motifs is 4.